The molecule has 0 aliphatic rings. The van der Waals surface area contributed by atoms with Crippen LogP contribution in [0.15, 0.2) is 78.5 Å². The molecular weight excluding hydrogens is 496 g/mol. The van der Waals surface area contributed by atoms with Gasteiger partial charge in [0.15, 0.2) is 11.5 Å². The van der Waals surface area contributed by atoms with Gasteiger partial charge in [0.25, 0.3) is 11.5 Å². The van der Waals surface area contributed by atoms with Crippen LogP contribution in [0.25, 0.3) is 16.9 Å². The number of fused-ring (bicyclic) bond motifs is 2. The van der Waals surface area contributed by atoms with E-state index < -0.39 is 11.9 Å². The van der Waals surface area contributed by atoms with Gasteiger partial charge in [-0.2, -0.15) is 10.2 Å². The number of amides is 1. The molecule has 0 saturated heterocycles. The van der Waals surface area contributed by atoms with Gasteiger partial charge in [0, 0.05) is 31.8 Å². The highest BCUT2D eigenvalue weighted by Gasteiger charge is 2.24. The number of nitrogens with two attached hydrogens (primary N) is 1. The van der Waals surface area contributed by atoms with Gasteiger partial charge in [0.05, 0.1) is 29.1 Å². The fraction of sp³-hybridized carbons (Fsp3) is 0.111. The van der Waals surface area contributed by atoms with E-state index in [9.17, 15) is 9.59 Å². The van der Waals surface area contributed by atoms with Crippen molar-refractivity contribution >= 4 is 22.9 Å². The molecule has 3 N–H and O–H groups in total. The molecule has 1 atom stereocenters. The lowest BCUT2D eigenvalue weighted by Gasteiger charge is -2.19. The van der Waals surface area contributed by atoms with Crippen LogP contribution in [0.1, 0.15) is 40.3 Å². The van der Waals surface area contributed by atoms with E-state index in [4.69, 9.17) is 10.8 Å². The Bertz CT molecular complexity index is 1990. The fourth-order valence-corrected chi connectivity index (χ4v) is 4.37. The van der Waals surface area contributed by atoms with E-state index in [-0.39, 0.29) is 16.9 Å². The molecular formula is C27H22N10O2. The second-order valence-corrected chi connectivity index (χ2v) is 8.87. The highest BCUT2D eigenvalue weighted by atomic mass is 16.2. The number of aryl methyl sites for hydroxylation is 1. The highest BCUT2D eigenvalue weighted by molar-refractivity contribution is 6.04. The van der Waals surface area contributed by atoms with Gasteiger partial charge in [-0.05, 0) is 25.1 Å². The number of carbonyl (C=O) groups excluding carboxylic acids is 1. The van der Waals surface area contributed by atoms with Crippen LogP contribution < -0.4 is 16.6 Å². The van der Waals surface area contributed by atoms with E-state index in [2.05, 4.69) is 32.2 Å². The third kappa shape index (κ3) is 4.17. The third-order valence-corrected chi connectivity index (χ3v) is 6.20. The van der Waals surface area contributed by atoms with Crippen LogP contribution in [-0.4, -0.2) is 44.2 Å². The summed E-state index contributed by atoms with van der Waals surface area (Å²) in [6, 6.07) is 10.1. The lowest BCUT2D eigenvalue weighted by atomic mass is 10.2. The fourth-order valence-electron chi connectivity index (χ4n) is 4.37. The molecule has 0 saturated carbocycles. The number of hydrogen-bond acceptors (Lipinski definition) is 7. The van der Waals surface area contributed by atoms with E-state index in [1.54, 1.807) is 65.2 Å². The molecule has 0 aliphatic carbocycles. The molecule has 0 spiro atoms. The Labute approximate surface area is 221 Å². The molecule has 1 aromatic carbocycles. The largest absolute Gasteiger partial charge is 0.383 e. The summed E-state index contributed by atoms with van der Waals surface area (Å²) < 4.78 is 6.23. The van der Waals surface area contributed by atoms with Gasteiger partial charge in [-0.15, -0.1) is 0 Å². The number of benzene rings is 1. The van der Waals surface area contributed by atoms with Crippen LogP contribution in [-0.2, 0) is 7.05 Å². The molecule has 12 nitrogen and oxygen atoms in total. The van der Waals surface area contributed by atoms with E-state index in [1.165, 1.54) is 15.4 Å². The summed E-state index contributed by atoms with van der Waals surface area (Å²) >= 11 is 0. The molecule has 12 heteroatoms. The van der Waals surface area contributed by atoms with Crippen molar-refractivity contribution in [2.24, 2.45) is 7.05 Å². The maximum Gasteiger partial charge on any atom is 0.283 e. The first-order chi connectivity index (χ1) is 18.9. The van der Waals surface area contributed by atoms with Crippen LogP contribution in [0.3, 0.4) is 0 Å². The maximum absolute atomic E-state index is 14.0. The number of hydrogen-bond donors (Lipinski definition) is 2. The number of rotatable bonds is 4. The Morgan fingerprint density at radius 1 is 1.10 bits per heavy atom. The molecule has 1 amide bonds. The van der Waals surface area contributed by atoms with Crippen molar-refractivity contribution in [2.45, 2.75) is 13.0 Å². The summed E-state index contributed by atoms with van der Waals surface area (Å²) in [6.45, 7) is 1.74. The Balaban J connectivity index is 1.46. The zero-order valence-corrected chi connectivity index (χ0v) is 21.0. The second kappa shape index (κ2) is 9.31. The summed E-state index contributed by atoms with van der Waals surface area (Å²) in [5.74, 6) is 5.97. The molecule has 5 heterocycles. The van der Waals surface area contributed by atoms with Crippen molar-refractivity contribution < 1.29 is 4.79 Å². The van der Waals surface area contributed by atoms with Gasteiger partial charge in [0.1, 0.15) is 23.2 Å². The predicted octanol–water partition coefficient (Wildman–Crippen LogP) is 1.73. The van der Waals surface area contributed by atoms with Crippen LogP contribution in [0.5, 0.6) is 0 Å². The monoisotopic (exact) mass is 518 g/mol. The smallest absolute Gasteiger partial charge is 0.283 e. The quantitative estimate of drug-likeness (QED) is 0.339. The van der Waals surface area contributed by atoms with Gasteiger partial charge in [-0.1, -0.05) is 30.0 Å². The first-order valence-corrected chi connectivity index (χ1v) is 12.0. The minimum atomic E-state index is -0.697. The summed E-state index contributed by atoms with van der Waals surface area (Å²) in [5.41, 5.74) is 8.37. The van der Waals surface area contributed by atoms with Gasteiger partial charge >= 0.3 is 0 Å². The van der Waals surface area contributed by atoms with E-state index >= 15 is 0 Å². The lowest BCUT2D eigenvalue weighted by Crippen LogP contribution is -2.35. The number of aromatic nitrogens is 8. The minimum absolute atomic E-state index is 0.0458. The molecule has 0 bridgehead atoms. The summed E-state index contributed by atoms with van der Waals surface area (Å²) in [4.78, 5) is 35.6. The van der Waals surface area contributed by atoms with Crippen LogP contribution in [0.2, 0.25) is 0 Å². The average molecular weight is 519 g/mol. The van der Waals surface area contributed by atoms with Crippen molar-refractivity contribution in [1.29, 1.82) is 0 Å². The van der Waals surface area contributed by atoms with E-state index in [1.807, 2.05) is 25.2 Å². The number of nitrogens with one attached hydrogen (secondary N) is 1. The average Bonchev–Trinajstić information content (AvgIpc) is 3.67. The normalized spacial score (nSPS) is 11.8. The van der Waals surface area contributed by atoms with Crippen LogP contribution in [0, 0.1) is 11.8 Å². The molecule has 39 heavy (non-hydrogen) atoms. The van der Waals surface area contributed by atoms with Crippen molar-refractivity contribution in [3.63, 3.8) is 0 Å². The zero-order valence-electron chi connectivity index (χ0n) is 21.0. The van der Waals surface area contributed by atoms with Crippen molar-refractivity contribution in [2.75, 3.05) is 5.73 Å². The summed E-state index contributed by atoms with van der Waals surface area (Å²) in [7, 11) is 1.81. The first-order valence-electron chi connectivity index (χ1n) is 12.0. The first kappa shape index (κ1) is 23.7. The lowest BCUT2D eigenvalue weighted by molar-refractivity contribution is 0.0939. The van der Waals surface area contributed by atoms with Crippen molar-refractivity contribution in [3.8, 4) is 17.5 Å². The van der Waals surface area contributed by atoms with Crippen LogP contribution in [0.4, 0.5) is 5.82 Å². The van der Waals surface area contributed by atoms with Crippen molar-refractivity contribution in [3.05, 3.63) is 107 Å². The number of nitrogens with zero attached hydrogens (tertiary/aromatic N) is 8. The molecule has 1 unspecified atom stereocenters. The third-order valence-electron chi connectivity index (χ3n) is 6.20. The molecule has 0 fully saturated rings. The van der Waals surface area contributed by atoms with E-state index in [0.29, 0.717) is 28.2 Å². The predicted molar refractivity (Wildman–Crippen MR) is 143 cm³/mol. The Morgan fingerprint density at radius 3 is 2.69 bits per heavy atom. The SMILES string of the molecule is CC(NC(=O)c1c(N)ncn2ccnc12)c1nn2ccc(C#Cc3cnn(C)c3)c2c(=O)n1-c1ccccc1. The molecule has 0 aliphatic heterocycles. The maximum atomic E-state index is 14.0. The van der Waals surface area contributed by atoms with E-state index in [0.717, 1.165) is 5.56 Å². The summed E-state index contributed by atoms with van der Waals surface area (Å²) in [5, 5.41) is 11.8. The molecule has 6 rings (SSSR count). The molecule has 192 valence electrons. The van der Waals surface area contributed by atoms with Gasteiger partial charge in [0.2, 0.25) is 0 Å². The number of carbonyl (C=O) groups is 1. The highest BCUT2D eigenvalue weighted by Crippen LogP contribution is 2.19. The van der Waals surface area contributed by atoms with Gasteiger partial charge in [-0.25, -0.2) is 14.5 Å². The zero-order chi connectivity index (χ0) is 27.1. The number of anilines is 1. The second-order valence-electron chi connectivity index (χ2n) is 8.87. The molecule has 6 aromatic rings. The Kier molecular flexibility index (Phi) is 5.65. The standard InChI is InChI=1S/C27H22N10O2/c1-17(32-26(38)21-23(28)30-16-35-13-11-29-25(21)35)24-33-36-12-10-19(9-8-18-14-31-34(2)15-18)22(36)27(39)37(24)20-6-4-3-5-7-20/h3-7,10-17H,28H2,1-2H3,(H,32,38). The molecule has 0 radical (unpaired) electrons. The van der Waals surface area contributed by atoms with Crippen molar-refractivity contribution in [1.82, 2.24) is 43.6 Å². The topological polar surface area (TPSA) is 142 Å². The summed E-state index contributed by atoms with van der Waals surface area (Å²) in [6.07, 6.45) is 9.83. The number of para-hydroxylation sites is 1. The Morgan fingerprint density at radius 2 is 1.92 bits per heavy atom. The Hall–Kier alpha value is -5.70. The molecule has 5 aromatic heterocycles. The van der Waals surface area contributed by atoms with Gasteiger partial charge < -0.3 is 11.1 Å². The van der Waals surface area contributed by atoms with Crippen LogP contribution >= 0.6 is 0 Å². The minimum Gasteiger partial charge on any atom is -0.383 e. The number of nitrogen functional groups attached to an aromatic ring is 1. The van der Waals surface area contributed by atoms with Gasteiger partial charge in [-0.3, -0.25) is 23.2 Å². The number of imidazole rings is 1.